The number of carbonyl (C=O) groups excluding carboxylic acids is 1. The van der Waals surface area contributed by atoms with Crippen molar-refractivity contribution in [2.75, 3.05) is 17.6 Å². The fourth-order valence-corrected chi connectivity index (χ4v) is 2.38. The number of carbonyl (C=O) groups is 1. The lowest BCUT2D eigenvalue weighted by Gasteiger charge is -2.07. The van der Waals surface area contributed by atoms with Gasteiger partial charge in [-0.25, -0.2) is 4.79 Å². The molecule has 3 nitrogen and oxygen atoms in total. The van der Waals surface area contributed by atoms with E-state index in [1.54, 1.807) is 0 Å². The van der Waals surface area contributed by atoms with Crippen LogP contribution in [-0.4, -0.2) is 18.3 Å². The predicted octanol–water partition coefficient (Wildman–Crippen LogP) is 4.11. The van der Waals surface area contributed by atoms with Gasteiger partial charge < -0.3 is 10.6 Å². The van der Waals surface area contributed by atoms with Gasteiger partial charge in [-0.1, -0.05) is 20.3 Å². The van der Waals surface area contributed by atoms with Gasteiger partial charge in [-0.2, -0.15) is 0 Å². The first kappa shape index (κ1) is 14.9. The number of amides is 2. The van der Waals surface area contributed by atoms with Crippen LogP contribution in [0.3, 0.4) is 0 Å². The molecule has 0 heterocycles. The number of benzene rings is 1. The maximum absolute atomic E-state index is 11.4. The van der Waals surface area contributed by atoms with Crippen LogP contribution in [0.5, 0.6) is 0 Å². The topological polar surface area (TPSA) is 41.1 Å². The summed E-state index contributed by atoms with van der Waals surface area (Å²) in [6.45, 7) is 4.93. The summed E-state index contributed by atoms with van der Waals surface area (Å²) >= 11 is 1.86. The molecule has 0 saturated carbocycles. The van der Waals surface area contributed by atoms with E-state index in [0.29, 0.717) is 6.54 Å². The molecule has 1 aromatic carbocycles. The Morgan fingerprint density at radius 2 is 1.89 bits per heavy atom. The predicted molar refractivity (Wildman–Crippen MR) is 79.4 cm³/mol. The molecule has 0 fully saturated rings. The quantitative estimate of drug-likeness (QED) is 0.576. The zero-order valence-electron chi connectivity index (χ0n) is 11.2. The maximum atomic E-state index is 11.4. The van der Waals surface area contributed by atoms with Crippen molar-refractivity contribution in [3.05, 3.63) is 24.3 Å². The van der Waals surface area contributed by atoms with Crippen LogP contribution in [0.15, 0.2) is 29.2 Å². The molecule has 0 radical (unpaired) electrons. The lowest BCUT2D eigenvalue weighted by Crippen LogP contribution is -2.29. The Labute approximate surface area is 114 Å². The number of urea groups is 1. The number of hydrogen-bond acceptors (Lipinski definition) is 2. The molecule has 0 aliphatic heterocycles. The molecule has 0 aliphatic rings. The third-order valence-corrected chi connectivity index (χ3v) is 3.51. The summed E-state index contributed by atoms with van der Waals surface area (Å²) in [5, 5.41) is 5.59. The molecule has 100 valence electrons. The summed E-state index contributed by atoms with van der Waals surface area (Å²) in [4.78, 5) is 12.7. The standard InChI is InChI=1S/C14H22N2OS/c1-3-5-11-18-13-8-6-12(7-9-13)16-14(17)15-10-4-2/h6-9H,3-5,10-11H2,1-2H3,(H2,15,16,17). The molecule has 0 atom stereocenters. The molecular formula is C14H22N2OS. The lowest BCUT2D eigenvalue weighted by atomic mass is 10.3. The largest absolute Gasteiger partial charge is 0.338 e. The van der Waals surface area contributed by atoms with Gasteiger partial charge in [0.05, 0.1) is 0 Å². The Morgan fingerprint density at radius 1 is 1.17 bits per heavy atom. The van der Waals surface area contributed by atoms with Gasteiger partial charge >= 0.3 is 6.03 Å². The van der Waals surface area contributed by atoms with Crippen LogP contribution in [0, 0.1) is 0 Å². The van der Waals surface area contributed by atoms with E-state index in [-0.39, 0.29) is 6.03 Å². The van der Waals surface area contributed by atoms with Crippen molar-refractivity contribution >= 4 is 23.5 Å². The molecule has 0 saturated heterocycles. The van der Waals surface area contributed by atoms with E-state index >= 15 is 0 Å². The summed E-state index contributed by atoms with van der Waals surface area (Å²) in [6, 6.07) is 7.86. The molecule has 0 spiro atoms. The van der Waals surface area contributed by atoms with Gasteiger partial charge in [0.15, 0.2) is 0 Å². The number of thioether (sulfide) groups is 1. The number of rotatable bonds is 7. The van der Waals surface area contributed by atoms with Gasteiger partial charge in [-0.15, -0.1) is 11.8 Å². The number of unbranched alkanes of at least 4 members (excludes halogenated alkanes) is 1. The zero-order valence-corrected chi connectivity index (χ0v) is 12.0. The number of nitrogens with one attached hydrogen (secondary N) is 2. The highest BCUT2D eigenvalue weighted by atomic mass is 32.2. The highest BCUT2D eigenvalue weighted by Crippen LogP contribution is 2.21. The van der Waals surface area contributed by atoms with E-state index in [2.05, 4.69) is 29.7 Å². The van der Waals surface area contributed by atoms with Crippen LogP contribution < -0.4 is 10.6 Å². The molecule has 1 aromatic rings. The Bertz CT molecular complexity index is 351. The summed E-state index contributed by atoms with van der Waals surface area (Å²) < 4.78 is 0. The fraction of sp³-hybridized carbons (Fsp3) is 0.500. The van der Waals surface area contributed by atoms with E-state index < -0.39 is 0 Å². The molecule has 0 aliphatic carbocycles. The van der Waals surface area contributed by atoms with Crippen molar-refractivity contribution < 1.29 is 4.79 Å². The number of hydrogen-bond donors (Lipinski definition) is 2. The summed E-state index contributed by atoms with van der Waals surface area (Å²) in [5.41, 5.74) is 0.837. The zero-order chi connectivity index (χ0) is 13.2. The first-order chi connectivity index (χ1) is 8.76. The van der Waals surface area contributed by atoms with E-state index in [9.17, 15) is 4.79 Å². The summed E-state index contributed by atoms with van der Waals surface area (Å²) in [6.07, 6.45) is 3.41. The summed E-state index contributed by atoms with van der Waals surface area (Å²) in [7, 11) is 0. The minimum Gasteiger partial charge on any atom is -0.338 e. The molecule has 0 aromatic heterocycles. The van der Waals surface area contributed by atoms with Crippen molar-refractivity contribution in [1.82, 2.24) is 5.32 Å². The van der Waals surface area contributed by atoms with Crippen molar-refractivity contribution in [2.45, 2.75) is 38.0 Å². The van der Waals surface area contributed by atoms with Gasteiger partial charge in [0.1, 0.15) is 0 Å². The molecule has 0 bridgehead atoms. The maximum Gasteiger partial charge on any atom is 0.319 e. The van der Waals surface area contributed by atoms with Crippen LogP contribution >= 0.6 is 11.8 Å². The van der Waals surface area contributed by atoms with Crippen molar-refractivity contribution in [3.63, 3.8) is 0 Å². The molecule has 1 rings (SSSR count). The average molecular weight is 266 g/mol. The van der Waals surface area contributed by atoms with Crippen LogP contribution in [0.2, 0.25) is 0 Å². The van der Waals surface area contributed by atoms with Gasteiger partial charge in [-0.05, 0) is 42.9 Å². The third-order valence-electron chi connectivity index (χ3n) is 2.41. The van der Waals surface area contributed by atoms with E-state index in [4.69, 9.17) is 0 Å². The SMILES string of the molecule is CCCCSc1ccc(NC(=O)NCCC)cc1. The van der Waals surface area contributed by atoms with Crippen LogP contribution in [-0.2, 0) is 0 Å². The van der Waals surface area contributed by atoms with Gasteiger partial charge in [0.2, 0.25) is 0 Å². The Morgan fingerprint density at radius 3 is 2.50 bits per heavy atom. The second-order valence-electron chi connectivity index (χ2n) is 4.11. The average Bonchev–Trinajstić information content (AvgIpc) is 2.39. The molecule has 0 unspecified atom stereocenters. The molecule has 2 N–H and O–H groups in total. The van der Waals surface area contributed by atoms with Gasteiger partial charge in [0.25, 0.3) is 0 Å². The lowest BCUT2D eigenvalue weighted by molar-refractivity contribution is 0.252. The van der Waals surface area contributed by atoms with Crippen LogP contribution in [0.25, 0.3) is 0 Å². The second kappa shape index (κ2) is 8.86. The van der Waals surface area contributed by atoms with Crippen LogP contribution in [0.4, 0.5) is 10.5 Å². The molecular weight excluding hydrogens is 244 g/mol. The van der Waals surface area contributed by atoms with Gasteiger partial charge in [-0.3, -0.25) is 0 Å². The minimum atomic E-state index is -0.136. The van der Waals surface area contributed by atoms with E-state index in [1.807, 2.05) is 30.8 Å². The van der Waals surface area contributed by atoms with Crippen molar-refractivity contribution in [1.29, 1.82) is 0 Å². The minimum absolute atomic E-state index is 0.136. The highest BCUT2D eigenvalue weighted by Gasteiger charge is 2.00. The molecule has 4 heteroatoms. The van der Waals surface area contributed by atoms with Crippen LogP contribution in [0.1, 0.15) is 33.1 Å². The van der Waals surface area contributed by atoms with Gasteiger partial charge in [0, 0.05) is 17.1 Å². The van der Waals surface area contributed by atoms with Crippen molar-refractivity contribution in [2.24, 2.45) is 0 Å². The Kier molecular flexibility index (Phi) is 7.34. The highest BCUT2D eigenvalue weighted by molar-refractivity contribution is 7.99. The normalized spacial score (nSPS) is 10.1. The fourth-order valence-electron chi connectivity index (χ4n) is 1.38. The third kappa shape index (κ3) is 5.96. The van der Waals surface area contributed by atoms with E-state index in [0.717, 1.165) is 17.9 Å². The smallest absolute Gasteiger partial charge is 0.319 e. The number of anilines is 1. The second-order valence-corrected chi connectivity index (χ2v) is 5.28. The van der Waals surface area contributed by atoms with E-state index in [1.165, 1.54) is 17.7 Å². The monoisotopic (exact) mass is 266 g/mol. The first-order valence-electron chi connectivity index (χ1n) is 6.54. The Balaban J connectivity index is 2.37. The summed E-state index contributed by atoms with van der Waals surface area (Å²) in [5.74, 6) is 1.15. The molecule has 2 amide bonds. The Hall–Kier alpha value is -1.16. The van der Waals surface area contributed by atoms with Crippen molar-refractivity contribution in [3.8, 4) is 0 Å². The first-order valence-corrected chi connectivity index (χ1v) is 7.52. The molecule has 18 heavy (non-hydrogen) atoms.